The fraction of sp³-hybridized carbons (Fsp3) is 0.200. The number of nitrogens with one attached hydrogen (secondary N) is 1. The Balaban J connectivity index is 1.98. The smallest absolute Gasteiger partial charge is 0.253 e. The molecule has 0 spiro atoms. The number of hydrogen-bond acceptors (Lipinski definition) is 3. The largest absolute Gasteiger partial charge is 0.348 e. The van der Waals surface area contributed by atoms with Crippen LogP contribution in [0.1, 0.15) is 27.2 Å². The molecule has 0 radical (unpaired) electrons. The van der Waals surface area contributed by atoms with Crippen LogP contribution in [0.25, 0.3) is 0 Å². The second-order valence-electron chi connectivity index (χ2n) is 4.34. The quantitative estimate of drug-likeness (QED) is 0.875. The van der Waals surface area contributed by atoms with Crippen LogP contribution < -0.4 is 11.1 Å². The third kappa shape index (κ3) is 3.39. The maximum Gasteiger partial charge on any atom is 0.253 e. The highest BCUT2D eigenvalue weighted by atomic mass is 16.1. The Morgan fingerprint density at radius 3 is 2.53 bits per heavy atom. The van der Waals surface area contributed by atoms with E-state index in [0.29, 0.717) is 18.7 Å². The minimum atomic E-state index is -0.103. The van der Waals surface area contributed by atoms with E-state index in [9.17, 15) is 4.79 Å². The molecular weight excluding hydrogens is 238 g/mol. The van der Waals surface area contributed by atoms with E-state index in [1.54, 1.807) is 18.3 Å². The van der Waals surface area contributed by atoms with Crippen LogP contribution in [0.15, 0.2) is 42.6 Å². The van der Waals surface area contributed by atoms with Crippen molar-refractivity contribution in [2.24, 2.45) is 5.73 Å². The normalized spacial score (nSPS) is 10.2. The van der Waals surface area contributed by atoms with Gasteiger partial charge in [-0.2, -0.15) is 0 Å². The average Bonchev–Trinajstić information content (AvgIpc) is 2.46. The van der Waals surface area contributed by atoms with E-state index in [2.05, 4.69) is 10.3 Å². The standard InChI is InChI=1S/C15H17N3O/c1-11-14(3-2-8-17-11)15(19)18-10-13-6-4-12(9-16)5-7-13/h2-8H,9-10,16H2,1H3,(H,18,19). The van der Waals surface area contributed by atoms with Crippen molar-refractivity contribution in [2.75, 3.05) is 0 Å². The van der Waals surface area contributed by atoms with Gasteiger partial charge in [-0.05, 0) is 30.2 Å². The first kappa shape index (κ1) is 13.2. The van der Waals surface area contributed by atoms with Gasteiger partial charge in [0.15, 0.2) is 0 Å². The summed E-state index contributed by atoms with van der Waals surface area (Å²) in [5.74, 6) is -0.103. The van der Waals surface area contributed by atoms with Crippen LogP contribution >= 0.6 is 0 Å². The van der Waals surface area contributed by atoms with Crippen molar-refractivity contribution in [1.29, 1.82) is 0 Å². The summed E-state index contributed by atoms with van der Waals surface area (Å²) in [4.78, 5) is 16.1. The van der Waals surface area contributed by atoms with Gasteiger partial charge in [0.25, 0.3) is 5.91 Å². The monoisotopic (exact) mass is 255 g/mol. The van der Waals surface area contributed by atoms with Crippen molar-refractivity contribution in [1.82, 2.24) is 10.3 Å². The third-order valence-electron chi connectivity index (χ3n) is 2.96. The molecule has 0 aliphatic heterocycles. The molecule has 0 saturated heterocycles. The van der Waals surface area contributed by atoms with Crippen molar-refractivity contribution in [3.05, 3.63) is 65.0 Å². The molecule has 1 aromatic carbocycles. The third-order valence-corrected chi connectivity index (χ3v) is 2.96. The Morgan fingerprint density at radius 1 is 1.21 bits per heavy atom. The van der Waals surface area contributed by atoms with Crippen LogP contribution in [0, 0.1) is 6.92 Å². The van der Waals surface area contributed by atoms with Gasteiger partial charge < -0.3 is 11.1 Å². The molecule has 0 aliphatic rings. The SMILES string of the molecule is Cc1ncccc1C(=O)NCc1ccc(CN)cc1. The first-order valence-electron chi connectivity index (χ1n) is 6.18. The van der Waals surface area contributed by atoms with Crippen LogP contribution in [0.2, 0.25) is 0 Å². The molecule has 4 nitrogen and oxygen atoms in total. The molecule has 0 saturated carbocycles. The van der Waals surface area contributed by atoms with E-state index >= 15 is 0 Å². The molecule has 2 rings (SSSR count). The van der Waals surface area contributed by atoms with Crippen LogP contribution in [-0.2, 0) is 13.1 Å². The van der Waals surface area contributed by atoms with Crippen LogP contribution in [0.5, 0.6) is 0 Å². The zero-order valence-electron chi connectivity index (χ0n) is 10.9. The lowest BCUT2D eigenvalue weighted by Gasteiger charge is -2.07. The number of pyridine rings is 1. The van der Waals surface area contributed by atoms with Gasteiger partial charge in [0.1, 0.15) is 0 Å². The van der Waals surface area contributed by atoms with Gasteiger partial charge >= 0.3 is 0 Å². The Labute approximate surface area is 112 Å². The van der Waals surface area contributed by atoms with E-state index in [4.69, 9.17) is 5.73 Å². The number of amides is 1. The number of rotatable bonds is 4. The second-order valence-corrected chi connectivity index (χ2v) is 4.34. The topological polar surface area (TPSA) is 68.0 Å². The van der Waals surface area contributed by atoms with Gasteiger partial charge in [0.05, 0.1) is 5.56 Å². The fourth-order valence-electron chi connectivity index (χ4n) is 1.79. The maximum atomic E-state index is 12.0. The molecule has 2 aromatic rings. The highest BCUT2D eigenvalue weighted by Crippen LogP contribution is 2.06. The van der Waals surface area contributed by atoms with Crippen LogP contribution in [0.3, 0.4) is 0 Å². The zero-order valence-corrected chi connectivity index (χ0v) is 10.9. The van der Waals surface area contributed by atoms with Crippen molar-refractivity contribution >= 4 is 5.91 Å². The van der Waals surface area contributed by atoms with Crippen molar-refractivity contribution in [2.45, 2.75) is 20.0 Å². The minimum Gasteiger partial charge on any atom is -0.348 e. The molecule has 1 amide bonds. The van der Waals surface area contributed by atoms with Crippen molar-refractivity contribution in [3.63, 3.8) is 0 Å². The summed E-state index contributed by atoms with van der Waals surface area (Å²) in [7, 11) is 0. The summed E-state index contributed by atoms with van der Waals surface area (Å²) >= 11 is 0. The average molecular weight is 255 g/mol. The predicted octanol–water partition coefficient (Wildman–Crippen LogP) is 1.78. The summed E-state index contributed by atoms with van der Waals surface area (Å²) in [6.07, 6.45) is 1.68. The number of nitrogens with zero attached hydrogens (tertiary/aromatic N) is 1. The number of aryl methyl sites for hydroxylation is 1. The molecule has 3 N–H and O–H groups in total. The molecule has 0 atom stereocenters. The number of carbonyl (C=O) groups is 1. The van der Waals surface area contributed by atoms with Gasteiger partial charge in [-0.3, -0.25) is 9.78 Å². The number of carbonyl (C=O) groups excluding carboxylic acids is 1. The molecule has 19 heavy (non-hydrogen) atoms. The summed E-state index contributed by atoms with van der Waals surface area (Å²) < 4.78 is 0. The molecule has 1 aromatic heterocycles. The van der Waals surface area contributed by atoms with Crippen molar-refractivity contribution < 1.29 is 4.79 Å². The Kier molecular flexibility index (Phi) is 4.26. The van der Waals surface area contributed by atoms with Gasteiger partial charge in [-0.15, -0.1) is 0 Å². The van der Waals surface area contributed by atoms with Gasteiger partial charge in [0, 0.05) is 25.0 Å². The first-order chi connectivity index (χ1) is 9.20. The number of aromatic nitrogens is 1. The summed E-state index contributed by atoms with van der Waals surface area (Å²) in [5.41, 5.74) is 9.01. The second kappa shape index (κ2) is 6.11. The van der Waals surface area contributed by atoms with Crippen LogP contribution in [-0.4, -0.2) is 10.9 Å². The van der Waals surface area contributed by atoms with Gasteiger partial charge in [-0.25, -0.2) is 0 Å². The lowest BCUT2D eigenvalue weighted by atomic mass is 10.1. The number of hydrogen-bond donors (Lipinski definition) is 2. The van der Waals surface area contributed by atoms with E-state index in [1.807, 2.05) is 31.2 Å². The Hall–Kier alpha value is -2.20. The van der Waals surface area contributed by atoms with Crippen LogP contribution in [0.4, 0.5) is 0 Å². The first-order valence-corrected chi connectivity index (χ1v) is 6.18. The molecule has 4 heteroatoms. The highest BCUT2D eigenvalue weighted by molar-refractivity contribution is 5.95. The maximum absolute atomic E-state index is 12.0. The molecule has 1 heterocycles. The van der Waals surface area contributed by atoms with Gasteiger partial charge in [-0.1, -0.05) is 24.3 Å². The lowest BCUT2D eigenvalue weighted by Crippen LogP contribution is -2.23. The highest BCUT2D eigenvalue weighted by Gasteiger charge is 2.08. The summed E-state index contributed by atoms with van der Waals surface area (Å²) in [6.45, 7) is 2.85. The minimum absolute atomic E-state index is 0.103. The predicted molar refractivity (Wildman–Crippen MR) is 74.5 cm³/mol. The Bertz CT molecular complexity index is 564. The molecule has 0 bridgehead atoms. The summed E-state index contributed by atoms with van der Waals surface area (Å²) in [5, 5.41) is 2.88. The lowest BCUT2D eigenvalue weighted by molar-refractivity contribution is 0.0950. The van der Waals surface area contributed by atoms with E-state index in [-0.39, 0.29) is 5.91 Å². The van der Waals surface area contributed by atoms with Crippen molar-refractivity contribution in [3.8, 4) is 0 Å². The molecule has 0 aliphatic carbocycles. The van der Waals surface area contributed by atoms with E-state index in [1.165, 1.54) is 0 Å². The van der Waals surface area contributed by atoms with E-state index < -0.39 is 0 Å². The molecular formula is C15H17N3O. The Morgan fingerprint density at radius 2 is 1.89 bits per heavy atom. The molecule has 98 valence electrons. The number of benzene rings is 1. The van der Waals surface area contributed by atoms with E-state index in [0.717, 1.165) is 16.8 Å². The zero-order chi connectivity index (χ0) is 13.7. The molecule has 0 unspecified atom stereocenters. The molecule has 0 fully saturated rings. The fourth-order valence-corrected chi connectivity index (χ4v) is 1.79. The summed E-state index contributed by atoms with van der Waals surface area (Å²) in [6, 6.07) is 11.4. The number of nitrogens with two attached hydrogens (primary N) is 1. The van der Waals surface area contributed by atoms with Gasteiger partial charge in [0.2, 0.25) is 0 Å².